The van der Waals surface area contributed by atoms with Crippen molar-refractivity contribution in [2.24, 2.45) is 10.9 Å². The third-order valence-electron chi connectivity index (χ3n) is 6.16. The van der Waals surface area contributed by atoms with Crippen molar-refractivity contribution in [3.8, 4) is 5.75 Å². The molecule has 6 heteroatoms. The van der Waals surface area contributed by atoms with Crippen molar-refractivity contribution in [3.05, 3.63) is 29.3 Å². The number of likely N-dealkylation sites (tertiary alicyclic amines) is 1. The minimum atomic E-state index is -0.0167. The van der Waals surface area contributed by atoms with Gasteiger partial charge >= 0.3 is 0 Å². The van der Waals surface area contributed by atoms with E-state index in [1.165, 1.54) is 11.1 Å². The Morgan fingerprint density at radius 3 is 2.79 bits per heavy atom. The highest BCUT2D eigenvalue weighted by molar-refractivity contribution is 5.80. The Balaban J connectivity index is 1.77. The summed E-state index contributed by atoms with van der Waals surface area (Å²) in [5.41, 5.74) is 2.52. The van der Waals surface area contributed by atoms with Crippen LogP contribution in [0.3, 0.4) is 0 Å². The molecule has 0 radical (unpaired) electrons. The Kier molecular flexibility index (Phi) is 7.18. The highest BCUT2D eigenvalue weighted by Crippen LogP contribution is 2.40. The predicted molar refractivity (Wildman–Crippen MR) is 112 cm³/mol. The van der Waals surface area contributed by atoms with Gasteiger partial charge in [-0.1, -0.05) is 17.7 Å². The molecule has 0 spiro atoms. The smallest absolute Gasteiger partial charge is 0.193 e. The van der Waals surface area contributed by atoms with Crippen LogP contribution in [-0.2, 0) is 14.9 Å². The minimum Gasteiger partial charge on any atom is -0.496 e. The summed E-state index contributed by atoms with van der Waals surface area (Å²) in [6.45, 7) is 7.36. The maximum absolute atomic E-state index is 5.73. The lowest BCUT2D eigenvalue weighted by atomic mass is 9.73. The van der Waals surface area contributed by atoms with E-state index in [-0.39, 0.29) is 5.41 Å². The van der Waals surface area contributed by atoms with Gasteiger partial charge in [0.25, 0.3) is 0 Å². The van der Waals surface area contributed by atoms with E-state index in [0.717, 1.165) is 70.4 Å². The van der Waals surface area contributed by atoms with Gasteiger partial charge < -0.3 is 24.4 Å². The van der Waals surface area contributed by atoms with Gasteiger partial charge in [0.05, 0.1) is 13.7 Å². The highest BCUT2D eigenvalue weighted by Gasteiger charge is 2.37. The van der Waals surface area contributed by atoms with E-state index in [9.17, 15) is 0 Å². The number of aliphatic imine (C=N–C) groups is 1. The Bertz CT molecular complexity index is 671. The lowest BCUT2D eigenvalue weighted by molar-refractivity contribution is 0.0503. The zero-order valence-electron chi connectivity index (χ0n) is 17.8. The molecule has 1 atom stereocenters. The number of benzene rings is 1. The van der Waals surface area contributed by atoms with Crippen molar-refractivity contribution in [2.45, 2.75) is 31.6 Å². The van der Waals surface area contributed by atoms with Gasteiger partial charge in [-0.15, -0.1) is 0 Å². The van der Waals surface area contributed by atoms with Gasteiger partial charge in [-0.25, -0.2) is 0 Å². The van der Waals surface area contributed by atoms with E-state index in [0.29, 0.717) is 5.92 Å². The third kappa shape index (κ3) is 4.61. The van der Waals surface area contributed by atoms with Crippen LogP contribution in [0.25, 0.3) is 0 Å². The molecule has 0 bridgehead atoms. The van der Waals surface area contributed by atoms with E-state index < -0.39 is 0 Å². The number of guanidine groups is 1. The van der Waals surface area contributed by atoms with Crippen LogP contribution < -0.4 is 10.1 Å². The SMILES string of the molecule is CN=C(NCC1(c2cc(C)ccc2OC)CCOCC1)N1CCC(COC)C1. The fourth-order valence-corrected chi connectivity index (χ4v) is 4.52. The lowest BCUT2D eigenvalue weighted by Gasteiger charge is -2.39. The van der Waals surface area contributed by atoms with Gasteiger partial charge in [0.15, 0.2) is 5.96 Å². The van der Waals surface area contributed by atoms with E-state index >= 15 is 0 Å². The Morgan fingerprint density at radius 2 is 2.11 bits per heavy atom. The van der Waals surface area contributed by atoms with E-state index in [2.05, 4.69) is 40.3 Å². The number of methoxy groups -OCH3 is 2. The molecule has 1 aromatic rings. The molecule has 1 N–H and O–H groups in total. The van der Waals surface area contributed by atoms with Crippen LogP contribution in [0.4, 0.5) is 0 Å². The fraction of sp³-hybridized carbons (Fsp3) is 0.682. The predicted octanol–water partition coefficient (Wildman–Crippen LogP) is 2.60. The number of nitrogens with zero attached hydrogens (tertiary/aromatic N) is 2. The van der Waals surface area contributed by atoms with Crippen molar-refractivity contribution in [2.75, 3.05) is 60.7 Å². The molecule has 3 rings (SSSR count). The second-order valence-corrected chi connectivity index (χ2v) is 8.05. The molecule has 1 unspecified atom stereocenters. The Labute approximate surface area is 169 Å². The minimum absolute atomic E-state index is 0.0167. The number of hydrogen-bond acceptors (Lipinski definition) is 4. The Morgan fingerprint density at radius 1 is 1.32 bits per heavy atom. The lowest BCUT2D eigenvalue weighted by Crippen LogP contribution is -2.49. The first kappa shape index (κ1) is 20.9. The molecular formula is C22H35N3O3. The standard InChI is InChI=1S/C22H35N3O3/c1-17-5-6-20(27-4)19(13-17)22(8-11-28-12-9-22)16-24-21(23-2)25-10-7-18(14-25)15-26-3/h5-6,13,18H,7-12,14-16H2,1-4H3,(H,23,24). The van der Waals surface area contributed by atoms with Gasteiger partial charge in [0, 0.05) is 63.9 Å². The van der Waals surface area contributed by atoms with Crippen LogP contribution in [0.1, 0.15) is 30.4 Å². The maximum atomic E-state index is 5.73. The second kappa shape index (κ2) is 9.61. The van der Waals surface area contributed by atoms with Crippen LogP contribution in [-0.4, -0.2) is 71.6 Å². The summed E-state index contributed by atoms with van der Waals surface area (Å²) in [6, 6.07) is 6.48. The summed E-state index contributed by atoms with van der Waals surface area (Å²) in [4.78, 5) is 6.91. The van der Waals surface area contributed by atoms with Crippen molar-refractivity contribution in [1.82, 2.24) is 10.2 Å². The van der Waals surface area contributed by atoms with Gasteiger partial charge in [-0.05, 0) is 32.3 Å². The number of hydrogen-bond donors (Lipinski definition) is 1. The molecule has 1 aromatic carbocycles. The van der Waals surface area contributed by atoms with Crippen molar-refractivity contribution in [3.63, 3.8) is 0 Å². The normalized spacial score (nSPS) is 22.4. The number of nitrogens with one attached hydrogen (secondary N) is 1. The van der Waals surface area contributed by atoms with Gasteiger partial charge in [0.1, 0.15) is 5.75 Å². The quantitative estimate of drug-likeness (QED) is 0.599. The molecule has 0 aromatic heterocycles. The van der Waals surface area contributed by atoms with E-state index in [1.807, 2.05) is 7.05 Å². The number of aryl methyl sites for hydroxylation is 1. The molecule has 0 amide bonds. The molecule has 156 valence electrons. The summed E-state index contributed by atoms with van der Waals surface area (Å²) in [5.74, 6) is 2.53. The zero-order chi connectivity index (χ0) is 20.0. The first-order valence-corrected chi connectivity index (χ1v) is 10.3. The van der Waals surface area contributed by atoms with Crippen molar-refractivity contribution < 1.29 is 14.2 Å². The van der Waals surface area contributed by atoms with Crippen LogP contribution in [0.15, 0.2) is 23.2 Å². The highest BCUT2D eigenvalue weighted by atomic mass is 16.5. The first-order chi connectivity index (χ1) is 13.6. The van der Waals surface area contributed by atoms with E-state index in [4.69, 9.17) is 14.2 Å². The molecule has 2 fully saturated rings. The van der Waals surface area contributed by atoms with Gasteiger partial charge in [0.2, 0.25) is 0 Å². The molecule has 6 nitrogen and oxygen atoms in total. The van der Waals surface area contributed by atoms with E-state index in [1.54, 1.807) is 14.2 Å². The van der Waals surface area contributed by atoms with Crippen molar-refractivity contribution >= 4 is 5.96 Å². The van der Waals surface area contributed by atoms with Crippen LogP contribution in [0.2, 0.25) is 0 Å². The maximum Gasteiger partial charge on any atom is 0.193 e. The largest absolute Gasteiger partial charge is 0.496 e. The monoisotopic (exact) mass is 389 g/mol. The topological polar surface area (TPSA) is 55.3 Å². The van der Waals surface area contributed by atoms with Crippen LogP contribution in [0, 0.1) is 12.8 Å². The van der Waals surface area contributed by atoms with Gasteiger partial charge in [-0.2, -0.15) is 0 Å². The fourth-order valence-electron chi connectivity index (χ4n) is 4.52. The zero-order valence-corrected chi connectivity index (χ0v) is 17.8. The summed E-state index contributed by atoms with van der Waals surface area (Å²) in [6.07, 6.45) is 3.10. The van der Waals surface area contributed by atoms with Crippen LogP contribution >= 0.6 is 0 Å². The molecule has 2 saturated heterocycles. The van der Waals surface area contributed by atoms with Crippen molar-refractivity contribution in [1.29, 1.82) is 0 Å². The number of rotatable bonds is 6. The van der Waals surface area contributed by atoms with Crippen LogP contribution in [0.5, 0.6) is 5.75 Å². The molecule has 0 saturated carbocycles. The summed E-state index contributed by atoms with van der Waals surface area (Å²) in [7, 11) is 5.41. The summed E-state index contributed by atoms with van der Waals surface area (Å²) >= 11 is 0. The average molecular weight is 390 g/mol. The van der Waals surface area contributed by atoms with Gasteiger partial charge in [-0.3, -0.25) is 4.99 Å². The third-order valence-corrected chi connectivity index (χ3v) is 6.16. The molecule has 2 heterocycles. The number of ether oxygens (including phenoxy) is 3. The summed E-state index contributed by atoms with van der Waals surface area (Å²) in [5, 5.41) is 3.68. The first-order valence-electron chi connectivity index (χ1n) is 10.3. The Hall–Kier alpha value is -1.79. The molecule has 28 heavy (non-hydrogen) atoms. The second-order valence-electron chi connectivity index (χ2n) is 8.05. The average Bonchev–Trinajstić information content (AvgIpc) is 3.18. The molecule has 0 aliphatic carbocycles. The molecular weight excluding hydrogens is 354 g/mol. The summed E-state index contributed by atoms with van der Waals surface area (Å²) < 4.78 is 16.8. The molecule has 2 aliphatic rings. The molecule has 2 aliphatic heterocycles.